The Morgan fingerprint density at radius 2 is 1.58 bits per heavy atom. The highest BCUT2D eigenvalue weighted by Gasteiger charge is 2.73. The predicted octanol–water partition coefficient (Wildman–Crippen LogP) is 4.01. The molecule has 0 aliphatic heterocycles. The van der Waals surface area contributed by atoms with Crippen molar-refractivity contribution in [1.29, 1.82) is 0 Å². The molecule has 5 rings (SSSR count). The van der Waals surface area contributed by atoms with Gasteiger partial charge in [-0.15, -0.1) is 0 Å². The van der Waals surface area contributed by atoms with E-state index in [4.69, 9.17) is 9.97 Å². The molecule has 158 valence electrons. The number of nitro groups is 1. The molecule has 31 heavy (non-hydrogen) atoms. The second-order valence-corrected chi connectivity index (χ2v) is 9.16. The van der Waals surface area contributed by atoms with Crippen LogP contribution in [-0.4, -0.2) is 20.8 Å². The molecular formula is C23H23N5O3. The summed E-state index contributed by atoms with van der Waals surface area (Å²) in [5.74, 6) is -0.164. The molecule has 1 heterocycles. The number of hydrogen-bond acceptors (Lipinski definition) is 6. The van der Waals surface area contributed by atoms with Gasteiger partial charge in [0.1, 0.15) is 5.41 Å². The Morgan fingerprint density at radius 1 is 0.968 bits per heavy atom. The quantitative estimate of drug-likeness (QED) is 0.490. The summed E-state index contributed by atoms with van der Waals surface area (Å²) in [4.78, 5) is 34.0. The third kappa shape index (κ3) is 2.38. The van der Waals surface area contributed by atoms with Crippen LogP contribution < -0.4 is 10.9 Å². The van der Waals surface area contributed by atoms with Crippen molar-refractivity contribution in [2.45, 2.75) is 44.4 Å². The number of carbonyl (C=O) groups is 1. The smallest absolute Gasteiger partial charge is 0.269 e. The number of amides is 1. The van der Waals surface area contributed by atoms with Crippen LogP contribution in [0.5, 0.6) is 0 Å². The van der Waals surface area contributed by atoms with Gasteiger partial charge in [-0.1, -0.05) is 32.9 Å². The van der Waals surface area contributed by atoms with E-state index in [2.05, 4.69) is 31.6 Å². The minimum absolute atomic E-state index is 0.00460. The molecule has 0 saturated heterocycles. The van der Waals surface area contributed by atoms with E-state index < -0.39 is 10.3 Å². The summed E-state index contributed by atoms with van der Waals surface area (Å²) in [6.45, 7) is 6.43. The molecule has 8 nitrogen and oxygen atoms in total. The first-order valence-electron chi connectivity index (χ1n) is 10.3. The van der Waals surface area contributed by atoms with Gasteiger partial charge < -0.3 is 0 Å². The molecule has 2 atom stereocenters. The van der Waals surface area contributed by atoms with E-state index in [-0.39, 0.29) is 22.4 Å². The lowest BCUT2D eigenvalue weighted by atomic mass is 9.63. The Hall–Kier alpha value is -3.55. The Balaban J connectivity index is 1.53. The molecule has 2 aliphatic rings. The molecule has 3 aromatic rings. The Bertz CT molecular complexity index is 1240. The van der Waals surface area contributed by atoms with Crippen LogP contribution >= 0.6 is 0 Å². The molecule has 2 aliphatic carbocycles. The van der Waals surface area contributed by atoms with Crippen molar-refractivity contribution in [2.75, 3.05) is 5.43 Å². The first kappa shape index (κ1) is 19.4. The molecule has 1 saturated carbocycles. The van der Waals surface area contributed by atoms with Gasteiger partial charge in [0.15, 0.2) is 0 Å². The van der Waals surface area contributed by atoms with Gasteiger partial charge >= 0.3 is 0 Å². The van der Waals surface area contributed by atoms with Crippen LogP contribution in [0.2, 0.25) is 0 Å². The van der Waals surface area contributed by atoms with Crippen molar-refractivity contribution in [3.05, 3.63) is 70.0 Å². The number of para-hydroxylation sites is 2. The van der Waals surface area contributed by atoms with Gasteiger partial charge in [0.05, 0.1) is 33.0 Å². The highest BCUT2D eigenvalue weighted by atomic mass is 16.6. The standard InChI is InChI=1S/C23H23N5O3/c1-21(2)22(3)12-13-23(21,19-18(22)24-16-6-4-5-7-17(16)25-19)20(29)27-26-14-8-10-15(11-9-14)28(30)31/h4-11,26H,12-13H2,1-3H3,(H,27,29). The SMILES string of the molecule is CC12CCC(C(=O)NNc3ccc([N+](=O)[O-])cc3)(c3nc4ccccc4nc31)C2(C)C. The zero-order valence-electron chi connectivity index (χ0n) is 17.6. The van der Waals surface area contributed by atoms with Crippen molar-refractivity contribution in [3.8, 4) is 0 Å². The van der Waals surface area contributed by atoms with Gasteiger partial charge in [-0.25, -0.2) is 9.97 Å². The second-order valence-electron chi connectivity index (χ2n) is 9.16. The molecule has 2 unspecified atom stereocenters. The summed E-state index contributed by atoms with van der Waals surface area (Å²) in [5, 5.41) is 10.9. The maximum atomic E-state index is 13.7. The molecule has 0 spiro atoms. The van der Waals surface area contributed by atoms with Crippen LogP contribution in [0.4, 0.5) is 11.4 Å². The monoisotopic (exact) mass is 417 g/mol. The fraction of sp³-hybridized carbons (Fsp3) is 0.348. The summed E-state index contributed by atoms with van der Waals surface area (Å²) >= 11 is 0. The summed E-state index contributed by atoms with van der Waals surface area (Å²) in [7, 11) is 0. The second kappa shape index (κ2) is 6.23. The third-order valence-corrected chi connectivity index (χ3v) is 7.73. The minimum Gasteiger partial charge on any atom is -0.299 e. The average molecular weight is 417 g/mol. The average Bonchev–Trinajstić information content (AvgIpc) is 3.06. The van der Waals surface area contributed by atoms with Gasteiger partial charge in [-0.3, -0.25) is 25.8 Å². The number of carbonyl (C=O) groups excluding carboxylic acids is 1. The van der Waals surface area contributed by atoms with E-state index in [9.17, 15) is 14.9 Å². The van der Waals surface area contributed by atoms with Crippen molar-refractivity contribution in [3.63, 3.8) is 0 Å². The number of fused-ring (bicyclic) bond motifs is 6. The number of benzene rings is 2. The molecule has 0 radical (unpaired) electrons. The highest BCUT2D eigenvalue weighted by Crippen LogP contribution is 2.70. The predicted molar refractivity (Wildman–Crippen MR) is 116 cm³/mol. The summed E-state index contributed by atoms with van der Waals surface area (Å²) < 4.78 is 0. The van der Waals surface area contributed by atoms with E-state index in [0.717, 1.165) is 28.8 Å². The van der Waals surface area contributed by atoms with Gasteiger partial charge in [-0.2, -0.15) is 0 Å². The molecular weight excluding hydrogens is 394 g/mol. The fourth-order valence-corrected chi connectivity index (χ4v) is 5.45. The Labute approximate surface area is 179 Å². The van der Waals surface area contributed by atoms with E-state index in [0.29, 0.717) is 12.1 Å². The minimum atomic E-state index is -0.818. The van der Waals surface area contributed by atoms with Crippen molar-refractivity contribution in [1.82, 2.24) is 15.4 Å². The number of hydrazine groups is 1. The van der Waals surface area contributed by atoms with Crippen LogP contribution in [0.1, 0.15) is 45.0 Å². The van der Waals surface area contributed by atoms with Crippen molar-refractivity contribution >= 4 is 28.3 Å². The largest absolute Gasteiger partial charge is 0.299 e. The van der Waals surface area contributed by atoms with Crippen LogP contribution in [0.3, 0.4) is 0 Å². The Kier molecular flexibility index (Phi) is 3.90. The lowest BCUT2D eigenvalue weighted by molar-refractivity contribution is -0.384. The van der Waals surface area contributed by atoms with Gasteiger partial charge in [0, 0.05) is 17.5 Å². The molecule has 2 aromatic carbocycles. The van der Waals surface area contributed by atoms with Crippen LogP contribution in [0, 0.1) is 15.5 Å². The fourth-order valence-electron chi connectivity index (χ4n) is 5.45. The van der Waals surface area contributed by atoms with E-state index >= 15 is 0 Å². The summed E-state index contributed by atoms with van der Waals surface area (Å²) in [6, 6.07) is 13.7. The van der Waals surface area contributed by atoms with Gasteiger partial charge in [-0.05, 0) is 42.5 Å². The molecule has 1 aromatic heterocycles. The normalized spacial score (nSPS) is 25.3. The maximum absolute atomic E-state index is 13.7. The van der Waals surface area contributed by atoms with Crippen molar-refractivity contribution < 1.29 is 9.72 Å². The number of anilines is 1. The number of rotatable bonds is 4. The van der Waals surface area contributed by atoms with E-state index in [1.807, 2.05) is 24.3 Å². The van der Waals surface area contributed by atoms with Crippen LogP contribution in [0.25, 0.3) is 11.0 Å². The third-order valence-electron chi connectivity index (χ3n) is 7.73. The molecule has 2 bridgehead atoms. The first-order chi connectivity index (χ1) is 14.7. The molecule has 1 amide bonds. The highest BCUT2D eigenvalue weighted by molar-refractivity contribution is 5.93. The Morgan fingerprint density at radius 3 is 2.19 bits per heavy atom. The van der Waals surface area contributed by atoms with Crippen molar-refractivity contribution in [2.24, 2.45) is 5.41 Å². The summed E-state index contributed by atoms with van der Waals surface area (Å²) in [5.41, 5.74) is 8.14. The number of non-ortho nitro benzene ring substituents is 1. The first-order valence-corrected chi connectivity index (χ1v) is 10.3. The van der Waals surface area contributed by atoms with Gasteiger partial charge in [0.25, 0.3) is 11.6 Å². The van der Waals surface area contributed by atoms with E-state index in [1.54, 1.807) is 12.1 Å². The zero-order valence-corrected chi connectivity index (χ0v) is 17.6. The number of nitro benzene ring substituents is 1. The van der Waals surface area contributed by atoms with Crippen LogP contribution in [0.15, 0.2) is 48.5 Å². The van der Waals surface area contributed by atoms with E-state index in [1.165, 1.54) is 12.1 Å². The number of aromatic nitrogens is 2. The lowest BCUT2D eigenvalue weighted by Gasteiger charge is -2.39. The lowest BCUT2D eigenvalue weighted by Crippen LogP contribution is -2.52. The zero-order chi connectivity index (χ0) is 22.0. The molecule has 1 fully saturated rings. The topological polar surface area (TPSA) is 110 Å². The number of nitrogens with one attached hydrogen (secondary N) is 2. The van der Waals surface area contributed by atoms with Crippen LogP contribution in [-0.2, 0) is 15.6 Å². The number of hydrogen-bond donors (Lipinski definition) is 2. The molecule has 2 N–H and O–H groups in total. The summed E-state index contributed by atoms with van der Waals surface area (Å²) in [6.07, 6.45) is 1.54. The molecule has 8 heteroatoms. The maximum Gasteiger partial charge on any atom is 0.269 e. The van der Waals surface area contributed by atoms with Gasteiger partial charge in [0.2, 0.25) is 0 Å². The number of nitrogens with zero attached hydrogens (tertiary/aromatic N) is 3.